The Morgan fingerprint density at radius 3 is 2.36 bits per heavy atom. The van der Waals surface area contributed by atoms with E-state index >= 15 is 4.39 Å². The van der Waals surface area contributed by atoms with E-state index in [2.05, 4.69) is 56.3 Å². The fraction of sp³-hybridized carbons (Fsp3) is 0.333. The standard InChI is InChI=1S/C27H29F/c1-3-5-20-6-9-21(10-7-20)22-11-13-23(14-12-22)25-17-15-24-18-19(4-2)8-16-26(24)27(25)28/h3,5,8,11-18,20-21H,4,6-7,9-10H2,1-2H3/b5-3+. The first-order valence-corrected chi connectivity index (χ1v) is 10.6. The maximum atomic E-state index is 15.2. The van der Waals surface area contributed by atoms with E-state index in [0.29, 0.717) is 16.9 Å². The van der Waals surface area contributed by atoms with Crippen LogP contribution < -0.4 is 0 Å². The summed E-state index contributed by atoms with van der Waals surface area (Å²) in [4.78, 5) is 0. The van der Waals surface area contributed by atoms with Gasteiger partial charge < -0.3 is 0 Å². The van der Waals surface area contributed by atoms with E-state index < -0.39 is 0 Å². The van der Waals surface area contributed by atoms with E-state index in [1.165, 1.54) is 36.8 Å². The van der Waals surface area contributed by atoms with Crippen molar-refractivity contribution in [3.8, 4) is 11.1 Å². The average Bonchev–Trinajstić information content (AvgIpc) is 2.75. The molecule has 144 valence electrons. The molecular weight excluding hydrogens is 343 g/mol. The second-order valence-electron chi connectivity index (χ2n) is 8.10. The molecule has 4 rings (SSSR count). The molecule has 1 heteroatoms. The van der Waals surface area contributed by atoms with Gasteiger partial charge in [-0.25, -0.2) is 4.39 Å². The van der Waals surface area contributed by atoms with Gasteiger partial charge in [-0.15, -0.1) is 0 Å². The average molecular weight is 373 g/mol. The SMILES string of the molecule is C/C=C/C1CCC(c2ccc(-c3ccc4cc(CC)ccc4c3F)cc2)CC1. The smallest absolute Gasteiger partial charge is 0.138 e. The van der Waals surface area contributed by atoms with Crippen LogP contribution in [0.1, 0.15) is 56.6 Å². The molecule has 0 unspecified atom stereocenters. The van der Waals surface area contributed by atoms with Crippen LogP contribution in [0.5, 0.6) is 0 Å². The van der Waals surface area contributed by atoms with Crippen LogP contribution in [0.15, 0.2) is 66.7 Å². The number of benzene rings is 3. The summed E-state index contributed by atoms with van der Waals surface area (Å²) in [6, 6.07) is 18.6. The zero-order valence-corrected chi connectivity index (χ0v) is 16.9. The van der Waals surface area contributed by atoms with Crippen LogP contribution in [0, 0.1) is 11.7 Å². The lowest BCUT2D eigenvalue weighted by Crippen LogP contribution is -2.11. The van der Waals surface area contributed by atoms with Crippen molar-refractivity contribution in [1.29, 1.82) is 0 Å². The first-order chi connectivity index (χ1) is 13.7. The predicted molar refractivity (Wildman–Crippen MR) is 118 cm³/mol. The van der Waals surface area contributed by atoms with Crippen LogP contribution in [0.2, 0.25) is 0 Å². The molecule has 0 aliphatic heterocycles. The van der Waals surface area contributed by atoms with Crippen LogP contribution in [-0.4, -0.2) is 0 Å². The van der Waals surface area contributed by atoms with Gasteiger partial charge in [0.05, 0.1) is 0 Å². The number of aryl methyl sites for hydroxylation is 1. The van der Waals surface area contributed by atoms with Gasteiger partial charge in [-0.2, -0.15) is 0 Å². The number of allylic oxidation sites excluding steroid dienone is 2. The van der Waals surface area contributed by atoms with E-state index in [-0.39, 0.29) is 5.82 Å². The lowest BCUT2D eigenvalue weighted by molar-refractivity contribution is 0.376. The molecule has 0 saturated heterocycles. The van der Waals surface area contributed by atoms with Crippen molar-refractivity contribution >= 4 is 10.8 Å². The largest absolute Gasteiger partial charge is 0.206 e. The molecular formula is C27H29F. The van der Waals surface area contributed by atoms with Crippen LogP contribution in [0.3, 0.4) is 0 Å². The Hall–Kier alpha value is -2.41. The van der Waals surface area contributed by atoms with Crippen molar-refractivity contribution in [3.63, 3.8) is 0 Å². The highest BCUT2D eigenvalue weighted by atomic mass is 19.1. The van der Waals surface area contributed by atoms with Crippen molar-refractivity contribution in [1.82, 2.24) is 0 Å². The molecule has 0 heterocycles. The van der Waals surface area contributed by atoms with Crippen molar-refractivity contribution in [2.45, 2.75) is 51.9 Å². The maximum Gasteiger partial charge on any atom is 0.138 e. The Balaban J connectivity index is 1.56. The van der Waals surface area contributed by atoms with Gasteiger partial charge in [0.2, 0.25) is 0 Å². The van der Waals surface area contributed by atoms with Gasteiger partial charge in [-0.05, 0) is 72.9 Å². The van der Waals surface area contributed by atoms with Gasteiger partial charge >= 0.3 is 0 Å². The summed E-state index contributed by atoms with van der Waals surface area (Å²) < 4.78 is 15.2. The second kappa shape index (κ2) is 8.31. The van der Waals surface area contributed by atoms with Crippen molar-refractivity contribution in [2.75, 3.05) is 0 Å². The minimum atomic E-state index is -0.111. The molecule has 0 aromatic heterocycles. The van der Waals surface area contributed by atoms with E-state index in [4.69, 9.17) is 0 Å². The van der Waals surface area contributed by atoms with E-state index in [0.717, 1.165) is 23.3 Å². The highest BCUT2D eigenvalue weighted by molar-refractivity contribution is 5.88. The van der Waals surface area contributed by atoms with Crippen molar-refractivity contribution in [3.05, 3.63) is 83.7 Å². The van der Waals surface area contributed by atoms with E-state index in [1.807, 2.05) is 24.3 Å². The first-order valence-electron chi connectivity index (χ1n) is 10.6. The van der Waals surface area contributed by atoms with Gasteiger partial charge in [-0.1, -0.05) is 73.7 Å². The molecule has 1 fully saturated rings. The maximum absolute atomic E-state index is 15.2. The number of rotatable bonds is 4. The quantitative estimate of drug-likeness (QED) is 0.406. The number of halogens is 1. The summed E-state index contributed by atoms with van der Waals surface area (Å²) in [6.07, 6.45) is 10.5. The van der Waals surface area contributed by atoms with Gasteiger partial charge in [0.25, 0.3) is 0 Å². The van der Waals surface area contributed by atoms with E-state index in [9.17, 15) is 0 Å². The molecule has 3 aromatic rings. The van der Waals surface area contributed by atoms with Gasteiger partial charge in [0.15, 0.2) is 0 Å². The minimum absolute atomic E-state index is 0.111. The van der Waals surface area contributed by atoms with Gasteiger partial charge in [0.1, 0.15) is 5.82 Å². The molecule has 1 aliphatic carbocycles. The van der Waals surface area contributed by atoms with Gasteiger partial charge in [-0.3, -0.25) is 0 Å². The Morgan fingerprint density at radius 2 is 1.68 bits per heavy atom. The Bertz CT molecular complexity index is 973. The lowest BCUT2D eigenvalue weighted by atomic mass is 9.78. The molecule has 0 atom stereocenters. The van der Waals surface area contributed by atoms with Crippen LogP contribution in [-0.2, 0) is 6.42 Å². The molecule has 0 nitrogen and oxygen atoms in total. The fourth-order valence-electron chi connectivity index (χ4n) is 4.64. The lowest BCUT2D eigenvalue weighted by Gasteiger charge is -2.27. The Kier molecular flexibility index (Phi) is 5.62. The molecule has 0 amide bonds. The fourth-order valence-corrected chi connectivity index (χ4v) is 4.64. The normalized spacial score (nSPS) is 20.1. The molecule has 3 aromatic carbocycles. The van der Waals surface area contributed by atoms with Crippen molar-refractivity contribution < 1.29 is 4.39 Å². The topological polar surface area (TPSA) is 0 Å². The van der Waals surface area contributed by atoms with Crippen LogP contribution in [0.25, 0.3) is 21.9 Å². The van der Waals surface area contributed by atoms with Gasteiger partial charge in [0, 0.05) is 10.9 Å². The third-order valence-electron chi connectivity index (χ3n) is 6.36. The van der Waals surface area contributed by atoms with E-state index in [1.54, 1.807) is 0 Å². The highest BCUT2D eigenvalue weighted by Gasteiger charge is 2.21. The zero-order chi connectivity index (χ0) is 19.5. The molecule has 0 bridgehead atoms. The summed E-state index contributed by atoms with van der Waals surface area (Å²) in [7, 11) is 0. The molecule has 1 aliphatic rings. The predicted octanol–water partition coefficient (Wildman–Crippen LogP) is 8.06. The summed E-state index contributed by atoms with van der Waals surface area (Å²) >= 11 is 0. The minimum Gasteiger partial charge on any atom is -0.206 e. The highest BCUT2D eigenvalue weighted by Crippen LogP contribution is 2.37. The monoisotopic (exact) mass is 372 g/mol. The summed E-state index contributed by atoms with van der Waals surface area (Å²) in [5, 5.41) is 1.69. The van der Waals surface area contributed by atoms with Crippen molar-refractivity contribution in [2.24, 2.45) is 5.92 Å². The number of fused-ring (bicyclic) bond motifs is 1. The third-order valence-corrected chi connectivity index (χ3v) is 6.36. The number of hydrogen-bond donors (Lipinski definition) is 0. The Labute approximate surface area is 168 Å². The summed E-state index contributed by atoms with van der Waals surface area (Å²) in [5.74, 6) is 1.28. The number of hydrogen-bond acceptors (Lipinski definition) is 0. The second-order valence-corrected chi connectivity index (χ2v) is 8.10. The summed E-state index contributed by atoms with van der Waals surface area (Å²) in [5.41, 5.74) is 4.30. The van der Waals surface area contributed by atoms with Crippen LogP contribution in [0.4, 0.5) is 4.39 Å². The molecule has 28 heavy (non-hydrogen) atoms. The zero-order valence-electron chi connectivity index (χ0n) is 16.9. The molecule has 0 N–H and O–H groups in total. The first kappa shape index (κ1) is 18.9. The molecule has 1 saturated carbocycles. The summed E-state index contributed by atoms with van der Waals surface area (Å²) in [6.45, 7) is 4.24. The third kappa shape index (κ3) is 3.76. The molecule has 0 radical (unpaired) electrons. The molecule has 0 spiro atoms. The Morgan fingerprint density at radius 1 is 0.929 bits per heavy atom. The van der Waals surface area contributed by atoms with Crippen LogP contribution >= 0.6 is 0 Å².